The molecule has 0 N–H and O–H groups in total. The summed E-state index contributed by atoms with van der Waals surface area (Å²) in [5, 5.41) is -16.3. The average molecular weight is 610 g/mol. The van der Waals surface area contributed by atoms with Crippen LogP contribution >= 0.6 is 0 Å². The van der Waals surface area contributed by atoms with Crippen LogP contribution in [-0.2, 0) is 20.4 Å². The summed E-state index contributed by atoms with van der Waals surface area (Å²) in [5.41, 5.74) is 0. The predicted molar refractivity (Wildman–Crippen MR) is 75.6 cm³/mol. The monoisotopic (exact) mass is 610 g/mol. The van der Waals surface area contributed by atoms with Gasteiger partial charge in [0.15, 0.2) is 0 Å². The van der Waals surface area contributed by atoms with E-state index in [1.54, 1.807) is 0 Å². The number of hydrogen-bond acceptors (Lipinski definition) is 4. The van der Waals surface area contributed by atoms with Gasteiger partial charge in [-0.15, -0.1) is 0 Å². The second-order valence-electron chi connectivity index (χ2n) is 6.06. The van der Waals surface area contributed by atoms with Gasteiger partial charge >= 0.3 is 66.5 Å². The third-order valence-corrected chi connectivity index (χ3v) is 5.05. The molecule has 0 aliphatic heterocycles. The lowest BCUT2D eigenvalue weighted by molar-refractivity contribution is -0.444. The number of halogens is 18. The van der Waals surface area contributed by atoms with Gasteiger partial charge in [0, 0.05) is 0 Å². The molecule has 0 fully saturated rings. The second-order valence-corrected chi connectivity index (χ2v) is 8.84. The van der Waals surface area contributed by atoms with Gasteiger partial charge in [-0.05, 0) is 0 Å². The molecule has 0 atom stereocenters. The molecule has 0 aromatic heterocycles. The molecule has 35 heavy (non-hydrogen) atoms. The molecule has 0 rings (SSSR count). The molecule has 0 aliphatic carbocycles. The van der Waals surface area contributed by atoms with Crippen LogP contribution in [0.4, 0.5) is 78.0 Å². The van der Waals surface area contributed by atoms with E-state index in [-0.39, 0.29) is 0 Å². The Balaban J connectivity index is 0. The molecular formula is C11H8F18O4S2. The van der Waals surface area contributed by atoms with E-state index in [0.29, 0.717) is 0 Å². The summed E-state index contributed by atoms with van der Waals surface area (Å²) in [4.78, 5) is 0. The van der Waals surface area contributed by atoms with E-state index in [9.17, 15) is 94.9 Å². The highest BCUT2D eigenvalue weighted by Gasteiger charge is 2.97. The van der Waals surface area contributed by atoms with Crippen LogP contribution < -0.4 is 0 Å². The first-order chi connectivity index (χ1) is 14.7. The summed E-state index contributed by atoms with van der Waals surface area (Å²) in [6.07, 6.45) is 1.25. The molecule has 0 heterocycles. The minimum atomic E-state index is -9.12. The molecule has 0 spiro atoms. The summed E-state index contributed by atoms with van der Waals surface area (Å²) in [6, 6.07) is 0. The molecule has 0 radical (unpaired) electrons. The molecule has 0 aromatic rings. The van der Waals surface area contributed by atoms with Gasteiger partial charge in [-0.3, -0.25) is 0 Å². The standard InChI is InChI=1S/C8F18O4S2.C3H8/c9-1(10,3(13,14)5(17,18)7(21,22)31(25,27)28)2(11,12)4(15,16)6(19,20)8(23,24)32(26,29)30;1-3-2/h;3H2,1-2H3. The van der Waals surface area contributed by atoms with Crippen molar-refractivity contribution in [1.29, 1.82) is 0 Å². The van der Waals surface area contributed by atoms with Crippen molar-refractivity contribution in [3.63, 3.8) is 0 Å². The Kier molecular flexibility index (Phi) is 9.40. The van der Waals surface area contributed by atoms with Crippen LogP contribution in [0, 0.1) is 0 Å². The van der Waals surface area contributed by atoms with Gasteiger partial charge in [-0.25, -0.2) is 0 Å². The van der Waals surface area contributed by atoms with Crippen molar-refractivity contribution in [1.82, 2.24) is 0 Å². The Hall–Kier alpha value is -1.36. The smallest absolute Gasteiger partial charge is 0.192 e. The fourth-order valence-electron chi connectivity index (χ4n) is 1.46. The van der Waals surface area contributed by atoms with E-state index in [1.165, 1.54) is 6.42 Å². The van der Waals surface area contributed by atoms with Crippen molar-refractivity contribution < 1.29 is 94.9 Å². The van der Waals surface area contributed by atoms with Crippen molar-refractivity contribution in [2.24, 2.45) is 0 Å². The van der Waals surface area contributed by atoms with E-state index >= 15 is 0 Å². The van der Waals surface area contributed by atoms with E-state index in [0.717, 1.165) is 0 Å². The van der Waals surface area contributed by atoms with Gasteiger partial charge in [-0.1, -0.05) is 28.0 Å². The first-order valence-electron chi connectivity index (χ1n) is 7.57. The number of alkyl halides is 16. The van der Waals surface area contributed by atoms with Crippen LogP contribution in [0.3, 0.4) is 0 Å². The van der Waals surface area contributed by atoms with Gasteiger partial charge in [-0.2, -0.15) is 87.1 Å². The molecule has 0 bridgehead atoms. The largest absolute Gasteiger partial charge is 0.442 e. The van der Waals surface area contributed by atoms with Gasteiger partial charge in [0.2, 0.25) is 0 Å². The summed E-state index contributed by atoms with van der Waals surface area (Å²) in [5.74, 6) is -53.6. The molecule has 0 aliphatic rings. The summed E-state index contributed by atoms with van der Waals surface area (Å²) >= 11 is 0. The summed E-state index contributed by atoms with van der Waals surface area (Å²) < 4.78 is 271. The lowest BCUT2D eigenvalue weighted by atomic mass is 9.91. The van der Waals surface area contributed by atoms with Crippen LogP contribution in [0.15, 0.2) is 0 Å². The summed E-state index contributed by atoms with van der Waals surface area (Å²) in [7, 11) is -17.0. The highest BCUT2D eigenvalue weighted by atomic mass is 32.3. The van der Waals surface area contributed by atoms with Crippen LogP contribution in [0.5, 0.6) is 0 Å². The quantitative estimate of drug-likeness (QED) is 0.238. The second kappa shape index (κ2) is 9.19. The Morgan fingerprint density at radius 3 is 0.629 bits per heavy atom. The first-order valence-corrected chi connectivity index (χ1v) is 10.3. The molecule has 4 nitrogen and oxygen atoms in total. The number of rotatable bonds is 9. The normalized spacial score (nSPS) is 16.0. The molecule has 24 heteroatoms. The minimum Gasteiger partial charge on any atom is -0.192 e. The first kappa shape index (κ1) is 35.8. The Morgan fingerprint density at radius 1 is 0.400 bits per heavy atom. The highest BCUT2D eigenvalue weighted by molar-refractivity contribution is 7.87. The fraction of sp³-hybridized carbons (Fsp3) is 1.00. The molecule has 0 aromatic carbocycles. The van der Waals surface area contributed by atoms with Crippen molar-refractivity contribution in [2.45, 2.75) is 66.3 Å². The molecular weight excluding hydrogens is 602 g/mol. The van der Waals surface area contributed by atoms with E-state index in [4.69, 9.17) is 0 Å². The molecule has 0 saturated heterocycles. The van der Waals surface area contributed by atoms with Crippen LogP contribution in [0.1, 0.15) is 20.3 Å². The van der Waals surface area contributed by atoms with Gasteiger partial charge < -0.3 is 0 Å². The predicted octanol–water partition coefficient (Wildman–Crippen LogP) is 6.00. The van der Waals surface area contributed by atoms with Crippen molar-refractivity contribution >= 4 is 20.4 Å². The average Bonchev–Trinajstić information content (AvgIpc) is 2.59. The number of hydrogen-bond donors (Lipinski definition) is 0. The van der Waals surface area contributed by atoms with E-state index in [1.807, 2.05) is 0 Å². The Bertz CT molecular complexity index is 890. The Labute approximate surface area is 182 Å². The Morgan fingerprint density at radius 2 is 0.514 bits per heavy atom. The topological polar surface area (TPSA) is 68.3 Å². The molecule has 214 valence electrons. The fourth-order valence-corrected chi connectivity index (χ4v) is 2.33. The minimum absolute atomic E-state index is 1.25. The van der Waals surface area contributed by atoms with Crippen molar-refractivity contribution in [3.8, 4) is 0 Å². The van der Waals surface area contributed by atoms with Crippen molar-refractivity contribution in [3.05, 3.63) is 0 Å². The van der Waals surface area contributed by atoms with E-state index < -0.39 is 66.5 Å². The third kappa shape index (κ3) is 4.83. The zero-order valence-corrected chi connectivity index (χ0v) is 17.6. The highest BCUT2D eigenvalue weighted by Crippen LogP contribution is 2.64. The van der Waals surface area contributed by atoms with Gasteiger partial charge in [0.1, 0.15) is 0 Å². The summed E-state index contributed by atoms with van der Waals surface area (Å²) in [6.45, 7) is 4.25. The maximum Gasteiger partial charge on any atom is 0.442 e. The zero-order valence-electron chi connectivity index (χ0n) is 16.0. The van der Waals surface area contributed by atoms with Crippen LogP contribution in [0.25, 0.3) is 0 Å². The van der Waals surface area contributed by atoms with Crippen molar-refractivity contribution in [2.75, 3.05) is 0 Å². The van der Waals surface area contributed by atoms with Crippen LogP contribution in [-0.4, -0.2) is 62.9 Å². The lowest BCUT2D eigenvalue weighted by Gasteiger charge is -2.42. The maximum absolute atomic E-state index is 13.2. The maximum atomic E-state index is 13.2. The SMILES string of the molecule is CCC.O=S(=O)(F)C(F)(F)C(F)(F)C(F)(F)C(F)(F)C(F)(F)C(F)(F)C(F)(F)C(F)(F)S(=O)(=O)F. The van der Waals surface area contributed by atoms with Crippen LogP contribution in [0.2, 0.25) is 0 Å². The lowest BCUT2D eigenvalue weighted by Crippen LogP contribution is -2.75. The van der Waals surface area contributed by atoms with Gasteiger partial charge in [0.05, 0.1) is 0 Å². The molecule has 0 saturated carbocycles. The molecule has 0 unspecified atom stereocenters. The third-order valence-electron chi connectivity index (χ3n) is 3.32. The molecule has 0 amide bonds. The van der Waals surface area contributed by atoms with E-state index in [2.05, 4.69) is 13.8 Å². The zero-order chi connectivity index (χ0) is 29.7. The van der Waals surface area contributed by atoms with Gasteiger partial charge in [0.25, 0.3) is 0 Å².